The van der Waals surface area contributed by atoms with Crippen molar-refractivity contribution in [2.24, 2.45) is 0 Å². The summed E-state index contributed by atoms with van der Waals surface area (Å²) in [5, 5.41) is 11.1. The van der Waals surface area contributed by atoms with Gasteiger partial charge in [0.25, 0.3) is 0 Å². The topological polar surface area (TPSA) is 62.9 Å². The van der Waals surface area contributed by atoms with E-state index in [1.807, 2.05) is 48.5 Å². The second-order valence-corrected chi connectivity index (χ2v) is 11.3. The highest BCUT2D eigenvalue weighted by molar-refractivity contribution is 5.87. The summed E-state index contributed by atoms with van der Waals surface area (Å²) in [7, 11) is 0. The maximum absolute atomic E-state index is 13.4. The molecule has 1 N–H and O–H groups in total. The molecule has 5 aromatic rings. The lowest BCUT2D eigenvalue weighted by Gasteiger charge is -2.24. The first kappa shape index (κ1) is 31.7. The molecule has 0 saturated heterocycles. The normalized spacial score (nSPS) is 12.3. The van der Waals surface area contributed by atoms with Crippen LogP contribution >= 0.6 is 0 Å². The molecule has 1 aromatic heterocycles. The van der Waals surface area contributed by atoms with Crippen LogP contribution in [0.2, 0.25) is 0 Å². The van der Waals surface area contributed by atoms with Crippen molar-refractivity contribution in [1.29, 1.82) is 0 Å². The van der Waals surface area contributed by atoms with Gasteiger partial charge in [-0.25, -0.2) is 0 Å². The minimum Gasteiger partial charge on any atom is -0.481 e. The Bertz CT molecular complexity index is 1790. The van der Waals surface area contributed by atoms with Gasteiger partial charge in [0.15, 0.2) is 0 Å². The van der Waals surface area contributed by atoms with E-state index in [2.05, 4.69) is 0 Å². The fourth-order valence-corrected chi connectivity index (χ4v) is 5.18. The van der Waals surface area contributed by atoms with Gasteiger partial charge in [0.1, 0.15) is 11.5 Å². The van der Waals surface area contributed by atoms with Crippen LogP contribution in [0.4, 0.5) is 22.0 Å². The summed E-state index contributed by atoms with van der Waals surface area (Å²) < 4.78 is 76.5. The molecule has 4 aromatic carbocycles. The summed E-state index contributed by atoms with van der Waals surface area (Å²) in [6, 6.07) is 27.2. The molecule has 5 rings (SSSR count). The van der Waals surface area contributed by atoms with Crippen LogP contribution in [0.1, 0.15) is 42.1 Å². The maximum atomic E-state index is 13.4. The van der Waals surface area contributed by atoms with E-state index in [1.54, 1.807) is 49.1 Å². The average Bonchev–Trinajstić information content (AvgIpc) is 3.48. The Morgan fingerprint density at radius 3 is 2.24 bits per heavy atom. The first-order chi connectivity index (χ1) is 21.3. The smallest absolute Gasteiger partial charge is 0.449 e. The number of alkyl halides is 5. The summed E-state index contributed by atoms with van der Waals surface area (Å²) in [6.07, 6.45) is -4.65. The van der Waals surface area contributed by atoms with Crippen molar-refractivity contribution in [2.45, 2.75) is 51.7 Å². The molecule has 0 radical (unpaired) electrons. The number of benzene rings is 4. The predicted molar refractivity (Wildman–Crippen MR) is 160 cm³/mol. The van der Waals surface area contributed by atoms with Crippen LogP contribution in [0.25, 0.3) is 21.9 Å². The first-order valence-electron chi connectivity index (χ1n) is 14.1. The fourth-order valence-electron chi connectivity index (χ4n) is 5.18. The van der Waals surface area contributed by atoms with E-state index in [0.29, 0.717) is 16.5 Å². The molecule has 0 amide bonds. The Morgan fingerprint density at radius 1 is 0.844 bits per heavy atom. The molecule has 0 saturated carbocycles. The lowest BCUT2D eigenvalue weighted by Crippen LogP contribution is -2.28. The molecule has 0 spiro atoms. The average molecular weight is 624 g/mol. The SMILES string of the molecule is CC(C)(C(=O)O)c1cccc(-c2ccc(CN(Cc3ccc(C(F)(F)F)o3)Cc3c(OC(F)F)ccc4ccccc34)cc2)c1. The van der Waals surface area contributed by atoms with Crippen molar-refractivity contribution in [3.63, 3.8) is 0 Å². The molecule has 0 fully saturated rings. The minimum atomic E-state index is -4.65. The van der Waals surface area contributed by atoms with Crippen LogP contribution in [0.15, 0.2) is 101 Å². The largest absolute Gasteiger partial charge is 0.481 e. The van der Waals surface area contributed by atoms with Gasteiger partial charge in [0, 0.05) is 18.7 Å². The molecule has 0 aliphatic carbocycles. The van der Waals surface area contributed by atoms with Crippen molar-refractivity contribution >= 4 is 16.7 Å². The van der Waals surface area contributed by atoms with Gasteiger partial charge in [0.2, 0.25) is 5.76 Å². The molecule has 10 heteroatoms. The predicted octanol–water partition coefficient (Wildman–Crippen LogP) is 9.28. The van der Waals surface area contributed by atoms with Crippen molar-refractivity contribution in [1.82, 2.24) is 4.90 Å². The van der Waals surface area contributed by atoms with Crippen molar-refractivity contribution < 1.29 is 41.0 Å². The number of nitrogens with zero attached hydrogens (tertiary/aromatic N) is 1. The van der Waals surface area contributed by atoms with E-state index in [-0.39, 0.29) is 31.1 Å². The van der Waals surface area contributed by atoms with Crippen LogP contribution < -0.4 is 4.74 Å². The number of carboxylic acids is 1. The summed E-state index contributed by atoms with van der Waals surface area (Å²) in [5.41, 5.74) is 2.51. The molecule has 0 unspecified atom stereocenters. The van der Waals surface area contributed by atoms with Gasteiger partial charge in [0.05, 0.1) is 12.0 Å². The van der Waals surface area contributed by atoms with Crippen molar-refractivity contribution in [3.8, 4) is 16.9 Å². The van der Waals surface area contributed by atoms with Gasteiger partial charge in [-0.15, -0.1) is 0 Å². The zero-order valence-corrected chi connectivity index (χ0v) is 24.4. The van der Waals surface area contributed by atoms with Gasteiger partial charge >= 0.3 is 18.8 Å². The standard InChI is InChI=1S/C35H30F5NO4/c1-34(2,32(42)43)26-8-5-7-25(18-26)23-12-10-22(11-13-23)19-41(20-27-15-17-31(44-27)35(38,39)40)21-29-28-9-4-3-6-24(28)14-16-30(29)45-33(36)37/h3-18,33H,19-21H2,1-2H3,(H,42,43). The van der Waals surface area contributed by atoms with Gasteiger partial charge in [-0.05, 0) is 65.1 Å². The van der Waals surface area contributed by atoms with E-state index in [9.17, 15) is 31.9 Å². The molecular weight excluding hydrogens is 593 g/mol. The Labute approximate surface area is 256 Å². The Kier molecular flexibility index (Phi) is 8.97. The number of carbonyl (C=O) groups is 1. The van der Waals surface area contributed by atoms with Crippen LogP contribution in [0.3, 0.4) is 0 Å². The number of hydrogen-bond acceptors (Lipinski definition) is 4. The van der Waals surface area contributed by atoms with Crippen LogP contribution in [-0.2, 0) is 36.0 Å². The van der Waals surface area contributed by atoms with Gasteiger partial charge < -0.3 is 14.3 Å². The molecule has 1 heterocycles. The minimum absolute atomic E-state index is 0.0244. The summed E-state index contributed by atoms with van der Waals surface area (Å²) in [5.74, 6) is -2.03. The molecular formula is C35H30F5NO4. The van der Waals surface area contributed by atoms with Crippen LogP contribution in [0.5, 0.6) is 5.75 Å². The second-order valence-electron chi connectivity index (χ2n) is 11.3. The van der Waals surface area contributed by atoms with Gasteiger partial charge in [-0.1, -0.05) is 78.9 Å². The van der Waals surface area contributed by atoms with Gasteiger partial charge in [-0.3, -0.25) is 9.69 Å². The molecule has 5 nitrogen and oxygen atoms in total. The third kappa shape index (κ3) is 7.34. The van der Waals surface area contributed by atoms with Crippen LogP contribution in [-0.4, -0.2) is 22.6 Å². The highest BCUT2D eigenvalue weighted by Gasteiger charge is 2.35. The van der Waals surface area contributed by atoms with Gasteiger partial charge in [-0.2, -0.15) is 22.0 Å². The third-order valence-corrected chi connectivity index (χ3v) is 7.73. The Balaban J connectivity index is 1.47. The van der Waals surface area contributed by atoms with E-state index in [1.165, 1.54) is 12.1 Å². The van der Waals surface area contributed by atoms with Crippen molar-refractivity contribution in [2.75, 3.05) is 0 Å². The Morgan fingerprint density at radius 2 is 1.58 bits per heavy atom. The number of furan rings is 1. The first-order valence-corrected chi connectivity index (χ1v) is 14.1. The number of aliphatic carboxylic acids is 1. The van der Waals surface area contributed by atoms with E-state index in [0.717, 1.165) is 28.1 Å². The maximum Gasteiger partial charge on any atom is 0.449 e. The van der Waals surface area contributed by atoms with E-state index >= 15 is 0 Å². The lowest BCUT2D eigenvalue weighted by atomic mass is 9.83. The molecule has 0 bridgehead atoms. The summed E-state index contributed by atoms with van der Waals surface area (Å²) in [4.78, 5) is 13.6. The monoisotopic (exact) mass is 623 g/mol. The third-order valence-electron chi connectivity index (χ3n) is 7.73. The number of hydrogen-bond donors (Lipinski definition) is 1. The van der Waals surface area contributed by atoms with Crippen molar-refractivity contribution in [3.05, 3.63) is 125 Å². The zero-order valence-electron chi connectivity index (χ0n) is 24.4. The molecule has 234 valence electrons. The number of rotatable bonds is 11. The lowest BCUT2D eigenvalue weighted by molar-refractivity contribution is -0.153. The quantitative estimate of drug-likeness (QED) is 0.149. The fraction of sp³-hybridized carbons (Fsp3) is 0.229. The summed E-state index contributed by atoms with van der Waals surface area (Å²) in [6.45, 7) is 0.477. The highest BCUT2D eigenvalue weighted by atomic mass is 19.4. The molecule has 0 atom stereocenters. The molecule has 0 aliphatic rings. The number of carboxylic acid groups (broad SMARTS) is 1. The molecule has 0 aliphatic heterocycles. The number of halogens is 5. The van der Waals surface area contributed by atoms with Crippen LogP contribution in [0, 0.1) is 0 Å². The Hall–Kier alpha value is -4.70. The van der Waals surface area contributed by atoms with E-state index in [4.69, 9.17) is 9.15 Å². The zero-order chi connectivity index (χ0) is 32.4. The molecule has 45 heavy (non-hydrogen) atoms. The number of ether oxygens (including phenoxy) is 1. The highest BCUT2D eigenvalue weighted by Crippen LogP contribution is 2.34. The number of fused-ring (bicyclic) bond motifs is 1. The summed E-state index contributed by atoms with van der Waals surface area (Å²) >= 11 is 0. The van der Waals surface area contributed by atoms with E-state index < -0.39 is 29.9 Å². The second kappa shape index (κ2) is 12.7.